The fourth-order valence-electron chi connectivity index (χ4n) is 2.03. The van der Waals surface area contributed by atoms with Gasteiger partial charge in [0.15, 0.2) is 0 Å². The first-order valence-electron chi connectivity index (χ1n) is 7.12. The second kappa shape index (κ2) is 7.49. The van der Waals surface area contributed by atoms with E-state index in [-0.39, 0.29) is 11.6 Å². The molecule has 0 bridgehead atoms. The highest BCUT2D eigenvalue weighted by Crippen LogP contribution is 2.22. The molecule has 7 nitrogen and oxygen atoms in total. The van der Waals surface area contributed by atoms with Crippen molar-refractivity contribution in [2.75, 3.05) is 7.11 Å². The van der Waals surface area contributed by atoms with E-state index in [2.05, 4.69) is 37.0 Å². The lowest BCUT2D eigenvalue weighted by atomic mass is 10.1. The molecule has 0 aliphatic carbocycles. The third-order valence-electron chi connectivity index (χ3n) is 3.29. The monoisotopic (exact) mass is 420 g/mol. The van der Waals surface area contributed by atoms with Gasteiger partial charge in [0.2, 0.25) is 0 Å². The Morgan fingerprint density at radius 2 is 1.84 bits per heavy atom. The van der Waals surface area contributed by atoms with Crippen LogP contribution < -0.4 is 15.6 Å². The number of benzene rings is 1. The number of aromatic nitrogens is 2. The van der Waals surface area contributed by atoms with Gasteiger partial charge >= 0.3 is 0 Å². The number of nitrogens with one attached hydrogen (secondary N) is 3. The van der Waals surface area contributed by atoms with Gasteiger partial charge in [-0.2, -0.15) is 5.10 Å². The maximum atomic E-state index is 12.1. The highest BCUT2D eigenvalue weighted by Gasteiger charge is 2.13. The summed E-state index contributed by atoms with van der Waals surface area (Å²) in [5.74, 6) is -0.143. The van der Waals surface area contributed by atoms with Crippen molar-refractivity contribution in [1.82, 2.24) is 21.0 Å². The van der Waals surface area contributed by atoms with Gasteiger partial charge in [0, 0.05) is 5.56 Å². The van der Waals surface area contributed by atoms with Crippen molar-refractivity contribution in [2.24, 2.45) is 0 Å². The number of nitrogens with zero attached hydrogens (tertiary/aromatic N) is 1. The van der Waals surface area contributed by atoms with Crippen LogP contribution in [0.1, 0.15) is 20.2 Å². The molecule has 128 valence electrons. The summed E-state index contributed by atoms with van der Waals surface area (Å²) in [5.41, 5.74) is 6.40. The van der Waals surface area contributed by atoms with Crippen molar-refractivity contribution in [3.05, 3.63) is 56.8 Å². The molecule has 2 amide bonds. The number of H-pyrrole nitrogens is 1. The van der Waals surface area contributed by atoms with Gasteiger partial charge in [0.05, 0.1) is 21.5 Å². The molecule has 2 aromatic heterocycles. The molecule has 0 aliphatic rings. The van der Waals surface area contributed by atoms with Crippen molar-refractivity contribution < 1.29 is 14.3 Å². The van der Waals surface area contributed by atoms with Gasteiger partial charge in [-0.25, -0.2) is 0 Å². The zero-order valence-corrected chi connectivity index (χ0v) is 15.4. The van der Waals surface area contributed by atoms with E-state index in [0.717, 1.165) is 15.1 Å². The fraction of sp³-hybridized carbons (Fsp3) is 0.0625. The lowest BCUT2D eigenvalue weighted by Crippen LogP contribution is -2.41. The van der Waals surface area contributed by atoms with E-state index in [9.17, 15) is 9.59 Å². The van der Waals surface area contributed by atoms with Gasteiger partial charge in [0.25, 0.3) is 11.8 Å². The van der Waals surface area contributed by atoms with E-state index in [1.54, 1.807) is 25.3 Å². The first-order chi connectivity index (χ1) is 12.1. The molecular formula is C16H13BrN4O3S. The summed E-state index contributed by atoms with van der Waals surface area (Å²) in [6.07, 6.45) is 0. The van der Waals surface area contributed by atoms with E-state index >= 15 is 0 Å². The average molecular weight is 421 g/mol. The van der Waals surface area contributed by atoms with Crippen LogP contribution in [0.3, 0.4) is 0 Å². The normalized spacial score (nSPS) is 10.3. The summed E-state index contributed by atoms with van der Waals surface area (Å²) in [6, 6.07) is 12.3. The Balaban J connectivity index is 1.63. The molecule has 0 fully saturated rings. The van der Waals surface area contributed by atoms with Gasteiger partial charge in [-0.15, -0.1) is 11.3 Å². The van der Waals surface area contributed by atoms with Crippen molar-refractivity contribution in [1.29, 1.82) is 0 Å². The van der Waals surface area contributed by atoms with Crippen LogP contribution in [-0.4, -0.2) is 29.1 Å². The predicted molar refractivity (Wildman–Crippen MR) is 97.5 cm³/mol. The van der Waals surface area contributed by atoms with Crippen LogP contribution in [0.25, 0.3) is 11.3 Å². The Labute approximate surface area is 155 Å². The largest absolute Gasteiger partial charge is 0.497 e. The second-order valence-corrected chi connectivity index (χ2v) is 7.37. The van der Waals surface area contributed by atoms with Crippen molar-refractivity contribution in [3.8, 4) is 17.0 Å². The van der Waals surface area contributed by atoms with Crippen LogP contribution >= 0.6 is 27.3 Å². The Hall–Kier alpha value is -2.65. The first-order valence-corrected chi connectivity index (χ1v) is 8.73. The molecule has 0 aliphatic heterocycles. The molecule has 25 heavy (non-hydrogen) atoms. The molecule has 3 N–H and O–H groups in total. The number of hydrazine groups is 1. The fourth-order valence-corrected chi connectivity index (χ4v) is 3.31. The summed E-state index contributed by atoms with van der Waals surface area (Å²) in [5, 5.41) is 6.76. The molecule has 0 saturated carbocycles. The number of methoxy groups -OCH3 is 1. The number of carbonyl (C=O) groups is 2. The van der Waals surface area contributed by atoms with Gasteiger partial charge in [-0.05, 0) is 58.4 Å². The Bertz CT molecular complexity index is 904. The number of hydrogen-bond acceptors (Lipinski definition) is 5. The maximum Gasteiger partial charge on any atom is 0.287 e. The molecule has 0 spiro atoms. The molecule has 9 heteroatoms. The number of hydrogen-bond donors (Lipinski definition) is 3. The number of halogens is 1. The minimum atomic E-state index is -0.490. The second-order valence-electron chi connectivity index (χ2n) is 4.91. The highest BCUT2D eigenvalue weighted by molar-refractivity contribution is 9.11. The van der Waals surface area contributed by atoms with Crippen molar-refractivity contribution >= 4 is 39.1 Å². The lowest BCUT2D eigenvalue weighted by molar-refractivity contribution is 0.0846. The number of thiophene rings is 1. The SMILES string of the molecule is COc1ccc(-c2cc(C(=O)NNC(=O)c3ccc(Br)s3)[nH]n2)cc1. The summed E-state index contributed by atoms with van der Waals surface area (Å²) < 4.78 is 5.94. The molecule has 1 aromatic carbocycles. The van der Waals surface area contributed by atoms with E-state index in [0.29, 0.717) is 10.6 Å². The average Bonchev–Trinajstić information content (AvgIpc) is 3.29. The minimum Gasteiger partial charge on any atom is -0.497 e. The molecule has 3 rings (SSSR count). The van der Waals surface area contributed by atoms with Crippen LogP contribution in [0.5, 0.6) is 5.75 Å². The van der Waals surface area contributed by atoms with E-state index in [1.807, 2.05) is 24.3 Å². The molecule has 0 unspecified atom stereocenters. The van der Waals surface area contributed by atoms with Crippen LogP contribution in [0.2, 0.25) is 0 Å². The van der Waals surface area contributed by atoms with Crippen LogP contribution in [0, 0.1) is 0 Å². The first kappa shape index (κ1) is 17.2. The molecule has 0 atom stereocenters. The zero-order chi connectivity index (χ0) is 17.8. The maximum absolute atomic E-state index is 12.1. The highest BCUT2D eigenvalue weighted by atomic mass is 79.9. The summed E-state index contributed by atoms with van der Waals surface area (Å²) in [6.45, 7) is 0. The van der Waals surface area contributed by atoms with Gasteiger partial charge in [-0.3, -0.25) is 25.5 Å². The molecule has 0 saturated heterocycles. The summed E-state index contributed by atoms with van der Waals surface area (Å²) in [7, 11) is 1.59. The molecule has 3 aromatic rings. The van der Waals surface area contributed by atoms with Gasteiger partial charge < -0.3 is 4.74 Å². The van der Waals surface area contributed by atoms with E-state index in [4.69, 9.17) is 4.74 Å². The third-order valence-corrected chi connectivity index (χ3v) is 4.92. The van der Waals surface area contributed by atoms with Gasteiger partial charge in [0.1, 0.15) is 11.4 Å². The number of ether oxygens (including phenoxy) is 1. The molecular weight excluding hydrogens is 408 g/mol. The third kappa shape index (κ3) is 4.06. The number of amides is 2. The Morgan fingerprint density at radius 1 is 1.12 bits per heavy atom. The van der Waals surface area contributed by atoms with Crippen LogP contribution in [0.4, 0.5) is 0 Å². The van der Waals surface area contributed by atoms with Crippen molar-refractivity contribution in [2.45, 2.75) is 0 Å². The van der Waals surface area contributed by atoms with Crippen molar-refractivity contribution in [3.63, 3.8) is 0 Å². The Kier molecular flexibility index (Phi) is 5.15. The number of rotatable bonds is 4. The van der Waals surface area contributed by atoms with E-state index in [1.165, 1.54) is 11.3 Å². The molecule has 2 heterocycles. The predicted octanol–water partition coefficient (Wildman–Crippen LogP) is 2.98. The van der Waals surface area contributed by atoms with Crippen LogP contribution in [0.15, 0.2) is 46.3 Å². The smallest absolute Gasteiger partial charge is 0.287 e. The number of aromatic amines is 1. The van der Waals surface area contributed by atoms with Gasteiger partial charge in [-0.1, -0.05) is 0 Å². The Morgan fingerprint density at radius 3 is 2.48 bits per heavy atom. The quantitative estimate of drug-likeness (QED) is 0.565. The number of carbonyl (C=O) groups excluding carboxylic acids is 2. The zero-order valence-electron chi connectivity index (χ0n) is 13.0. The van der Waals surface area contributed by atoms with Crippen LogP contribution in [-0.2, 0) is 0 Å². The lowest BCUT2D eigenvalue weighted by Gasteiger charge is -2.04. The summed E-state index contributed by atoms with van der Waals surface area (Å²) >= 11 is 4.55. The molecule has 0 radical (unpaired) electrons. The summed E-state index contributed by atoms with van der Waals surface area (Å²) in [4.78, 5) is 24.5. The van der Waals surface area contributed by atoms with E-state index < -0.39 is 5.91 Å². The minimum absolute atomic E-state index is 0.235. The standard InChI is InChI=1S/C16H13BrN4O3S/c1-24-10-4-2-9(3-5-10)11-8-12(19-18-11)15(22)20-21-16(23)13-6-7-14(17)25-13/h2-8H,1H3,(H,18,19)(H,20,22)(H,21,23). The topological polar surface area (TPSA) is 96.1 Å².